The quantitative estimate of drug-likeness (QED) is 0.897. The minimum atomic E-state index is -0.232. The van der Waals surface area contributed by atoms with Crippen molar-refractivity contribution < 1.29 is 9.84 Å². The van der Waals surface area contributed by atoms with Crippen LogP contribution in [-0.4, -0.2) is 47.4 Å². The van der Waals surface area contributed by atoms with Crippen molar-refractivity contribution in [2.24, 2.45) is 0 Å². The number of fused-ring (bicyclic) bond motifs is 1. The molecule has 4 heteroatoms. The molecule has 0 aromatic carbocycles. The number of hydrogen-bond donors (Lipinski definition) is 1. The van der Waals surface area contributed by atoms with Gasteiger partial charge in [-0.3, -0.25) is 4.90 Å². The molecule has 4 nitrogen and oxygen atoms in total. The van der Waals surface area contributed by atoms with Crippen molar-refractivity contribution in [1.82, 2.24) is 9.47 Å². The summed E-state index contributed by atoms with van der Waals surface area (Å²) in [6.07, 6.45) is 6.25. The molecule has 1 atom stereocenters. The fourth-order valence-electron chi connectivity index (χ4n) is 3.23. The summed E-state index contributed by atoms with van der Waals surface area (Å²) in [6.45, 7) is 6.12. The predicted octanol–water partition coefficient (Wildman–Crippen LogP) is 1.58. The van der Waals surface area contributed by atoms with Crippen LogP contribution in [0.4, 0.5) is 0 Å². The van der Waals surface area contributed by atoms with E-state index in [9.17, 15) is 5.11 Å². The second-order valence-electron chi connectivity index (χ2n) is 5.63. The topological polar surface area (TPSA) is 37.6 Å². The highest BCUT2D eigenvalue weighted by Gasteiger charge is 2.20. The molecule has 1 unspecified atom stereocenters. The Morgan fingerprint density at radius 3 is 2.95 bits per heavy atom. The van der Waals surface area contributed by atoms with Gasteiger partial charge in [0, 0.05) is 43.6 Å². The van der Waals surface area contributed by atoms with Gasteiger partial charge in [-0.25, -0.2) is 0 Å². The highest BCUT2D eigenvalue weighted by molar-refractivity contribution is 5.27. The van der Waals surface area contributed by atoms with Crippen LogP contribution < -0.4 is 0 Å². The molecule has 1 N–H and O–H groups in total. The van der Waals surface area contributed by atoms with Gasteiger partial charge in [0.1, 0.15) is 0 Å². The molecule has 19 heavy (non-hydrogen) atoms. The van der Waals surface area contributed by atoms with Crippen LogP contribution in [0.1, 0.15) is 36.6 Å². The number of morpholine rings is 1. The third-order valence-corrected chi connectivity index (χ3v) is 4.34. The maximum absolute atomic E-state index is 9.97. The lowest BCUT2D eigenvalue weighted by Crippen LogP contribution is -2.37. The number of hydrogen-bond acceptors (Lipinski definition) is 3. The fourth-order valence-corrected chi connectivity index (χ4v) is 3.23. The first kappa shape index (κ1) is 13.2. The smallest absolute Gasteiger partial charge is 0.0807 e. The van der Waals surface area contributed by atoms with Gasteiger partial charge in [0.05, 0.1) is 19.3 Å². The Morgan fingerprint density at radius 2 is 2.11 bits per heavy atom. The van der Waals surface area contributed by atoms with Gasteiger partial charge in [-0.1, -0.05) is 0 Å². The van der Waals surface area contributed by atoms with E-state index < -0.39 is 0 Å². The van der Waals surface area contributed by atoms with E-state index in [4.69, 9.17) is 4.74 Å². The molecule has 1 fully saturated rings. The molecular weight excluding hydrogens is 240 g/mol. The van der Waals surface area contributed by atoms with E-state index in [-0.39, 0.29) is 6.10 Å². The first-order valence-corrected chi connectivity index (χ1v) is 7.50. The third-order valence-electron chi connectivity index (χ3n) is 4.34. The van der Waals surface area contributed by atoms with Gasteiger partial charge in [-0.2, -0.15) is 0 Å². The van der Waals surface area contributed by atoms with Crippen LogP contribution in [0, 0.1) is 0 Å². The molecule has 0 saturated carbocycles. The molecule has 0 bridgehead atoms. The highest BCUT2D eigenvalue weighted by atomic mass is 16.5. The zero-order valence-electron chi connectivity index (χ0n) is 11.6. The minimum absolute atomic E-state index is 0.232. The molecule has 1 aliphatic heterocycles. The summed E-state index contributed by atoms with van der Waals surface area (Å²) in [7, 11) is 0. The first-order chi connectivity index (χ1) is 9.34. The highest BCUT2D eigenvalue weighted by Crippen LogP contribution is 2.30. The van der Waals surface area contributed by atoms with Crippen LogP contribution in [0.2, 0.25) is 0 Å². The summed E-state index contributed by atoms with van der Waals surface area (Å²) in [4.78, 5) is 2.48. The standard InChI is InChI=1S/C15H24N2O2/c18-15-4-1-3-14-13(15)5-8-17(14)7-2-6-16-9-11-19-12-10-16/h5,8,15,18H,1-4,6-7,9-12H2. The molecular formula is C15H24N2O2. The van der Waals surface area contributed by atoms with E-state index >= 15 is 0 Å². The zero-order chi connectivity index (χ0) is 13.1. The SMILES string of the molecule is OC1CCCc2c1ccn2CCCN1CCOCC1. The van der Waals surface area contributed by atoms with Crippen LogP contribution in [0.15, 0.2) is 12.3 Å². The molecule has 1 aromatic heterocycles. The minimum Gasteiger partial charge on any atom is -0.388 e. The van der Waals surface area contributed by atoms with Gasteiger partial charge in [0.25, 0.3) is 0 Å². The van der Waals surface area contributed by atoms with E-state index in [1.165, 1.54) is 12.1 Å². The molecule has 1 saturated heterocycles. The second-order valence-corrected chi connectivity index (χ2v) is 5.63. The van der Waals surface area contributed by atoms with Gasteiger partial charge in [0.2, 0.25) is 0 Å². The maximum Gasteiger partial charge on any atom is 0.0807 e. The number of aromatic nitrogens is 1. The lowest BCUT2D eigenvalue weighted by Gasteiger charge is -2.26. The van der Waals surface area contributed by atoms with Crippen LogP contribution in [0.3, 0.4) is 0 Å². The van der Waals surface area contributed by atoms with Crippen molar-refractivity contribution in [2.75, 3.05) is 32.8 Å². The van der Waals surface area contributed by atoms with Crippen molar-refractivity contribution in [3.05, 3.63) is 23.5 Å². The average Bonchev–Trinajstić information content (AvgIpc) is 2.85. The normalized spacial score (nSPS) is 24.4. The molecule has 0 amide bonds. The predicted molar refractivity (Wildman–Crippen MR) is 74.2 cm³/mol. The molecule has 3 rings (SSSR count). The van der Waals surface area contributed by atoms with E-state index in [0.717, 1.165) is 64.2 Å². The summed E-state index contributed by atoms with van der Waals surface area (Å²) in [5.41, 5.74) is 2.53. The summed E-state index contributed by atoms with van der Waals surface area (Å²) in [6, 6.07) is 2.11. The number of nitrogens with zero attached hydrogens (tertiary/aromatic N) is 2. The van der Waals surface area contributed by atoms with Crippen molar-refractivity contribution >= 4 is 0 Å². The number of aliphatic hydroxyl groups excluding tert-OH is 1. The van der Waals surface area contributed by atoms with Crippen molar-refractivity contribution in [3.8, 4) is 0 Å². The lowest BCUT2D eigenvalue weighted by atomic mass is 9.95. The third kappa shape index (κ3) is 3.02. The number of aryl methyl sites for hydroxylation is 1. The number of aliphatic hydroxyl groups is 1. The summed E-state index contributed by atoms with van der Waals surface area (Å²) in [5.74, 6) is 0. The number of rotatable bonds is 4. The van der Waals surface area contributed by atoms with Crippen LogP contribution in [-0.2, 0) is 17.7 Å². The lowest BCUT2D eigenvalue weighted by molar-refractivity contribution is 0.0369. The average molecular weight is 264 g/mol. The summed E-state index contributed by atoms with van der Waals surface area (Å²) in [5, 5.41) is 9.97. The zero-order valence-corrected chi connectivity index (χ0v) is 11.6. The molecule has 2 aliphatic rings. The first-order valence-electron chi connectivity index (χ1n) is 7.50. The largest absolute Gasteiger partial charge is 0.388 e. The molecule has 2 heterocycles. The molecule has 0 spiro atoms. The van der Waals surface area contributed by atoms with Gasteiger partial charge < -0.3 is 14.4 Å². The van der Waals surface area contributed by atoms with Gasteiger partial charge in [-0.15, -0.1) is 0 Å². The van der Waals surface area contributed by atoms with Crippen LogP contribution >= 0.6 is 0 Å². The van der Waals surface area contributed by atoms with Crippen molar-refractivity contribution in [3.63, 3.8) is 0 Å². The van der Waals surface area contributed by atoms with E-state index in [0.29, 0.717) is 0 Å². The van der Waals surface area contributed by atoms with E-state index in [1.54, 1.807) is 0 Å². The van der Waals surface area contributed by atoms with Gasteiger partial charge in [-0.05, 0) is 31.7 Å². The monoisotopic (exact) mass is 264 g/mol. The van der Waals surface area contributed by atoms with Crippen molar-refractivity contribution in [1.29, 1.82) is 0 Å². The van der Waals surface area contributed by atoms with E-state index in [1.807, 2.05) is 0 Å². The fraction of sp³-hybridized carbons (Fsp3) is 0.733. The Hall–Kier alpha value is -0.840. The molecule has 1 aromatic rings. The molecule has 0 radical (unpaired) electrons. The molecule has 1 aliphatic carbocycles. The van der Waals surface area contributed by atoms with Crippen LogP contribution in [0.5, 0.6) is 0 Å². The Morgan fingerprint density at radius 1 is 1.26 bits per heavy atom. The Kier molecular flexibility index (Phi) is 4.21. The summed E-state index contributed by atoms with van der Waals surface area (Å²) < 4.78 is 7.71. The Bertz CT molecular complexity index is 410. The molecule has 106 valence electrons. The van der Waals surface area contributed by atoms with Crippen LogP contribution in [0.25, 0.3) is 0 Å². The Labute approximate surface area is 115 Å². The Balaban J connectivity index is 1.52. The second kappa shape index (κ2) is 6.07. The van der Waals surface area contributed by atoms with Gasteiger partial charge >= 0.3 is 0 Å². The van der Waals surface area contributed by atoms with Crippen molar-refractivity contribution in [2.45, 2.75) is 38.3 Å². The van der Waals surface area contributed by atoms with Gasteiger partial charge in [0.15, 0.2) is 0 Å². The summed E-state index contributed by atoms with van der Waals surface area (Å²) >= 11 is 0. The van der Waals surface area contributed by atoms with E-state index in [2.05, 4.69) is 21.7 Å². The number of ether oxygens (including phenoxy) is 1. The maximum atomic E-state index is 9.97.